The number of hydrogen-bond acceptors (Lipinski definition) is 9. The van der Waals surface area contributed by atoms with E-state index in [9.17, 15) is 9.59 Å². The quantitative estimate of drug-likeness (QED) is 0.587. The summed E-state index contributed by atoms with van der Waals surface area (Å²) in [6, 6.07) is 6.64. The molecule has 0 bridgehead atoms. The van der Waals surface area contributed by atoms with Crippen LogP contribution in [0.4, 0.5) is 23.3 Å². The van der Waals surface area contributed by atoms with Crippen molar-refractivity contribution >= 4 is 46.7 Å². The summed E-state index contributed by atoms with van der Waals surface area (Å²) in [5.41, 5.74) is 1.48. The molecule has 1 fully saturated rings. The van der Waals surface area contributed by atoms with Gasteiger partial charge in [-0.1, -0.05) is 20.3 Å². The minimum Gasteiger partial charge on any atom is -0.467 e. The summed E-state index contributed by atoms with van der Waals surface area (Å²) >= 11 is 6.06. The number of methoxy groups -OCH3 is 1. The highest BCUT2D eigenvalue weighted by atomic mass is 35.5. The van der Waals surface area contributed by atoms with Crippen LogP contribution in [0.25, 0.3) is 0 Å². The zero-order valence-electron chi connectivity index (χ0n) is 17.6. The van der Waals surface area contributed by atoms with Crippen LogP contribution in [0.3, 0.4) is 0 Å². The van der Waals surface area contributed by atoms with Crippen LogP contribution in [0.1, 0.15) is 20.3 Å². The zero-order chi connectivity index (χ0) is 22.4. The van der Waals surface area contributed by atoms with Crippen LogP contribution in [-0.4, -0.2) is 59.7 Å². The van der Waals surface area contributed by atoms with E-state index < -0.39 is 12.0 Å². The van der Waals surface area contributed by atoms with Gasteiger partial charge in [0.15, 0.2) is 0 Å². The number of carbonyl (C=O) groups excluding carboxylic acids is 2. The van der Waals surface area contributed by atoms with E-state index in [-0.39, 0.29) is 35.6 Å². The summed E-state index contributed by atoms with van der Waals surface area (Å²) in [7, 11) is 1.33. The number of amides is 1. The zero-order valence-corrected chi connectivity index (χ0v) is 18.3. The summed E-state index contributed by atoms with van der Waals surface area (Å²) in [6.07, 6.45) is 0.759. The molecule has 2 heterocycles. The molecule has 10 nitrogen and oxygen atoms in total. The fourth-order valence-electron chi connectivity index (χ4n) is 3.05. The predicted molar refractivity (Wildman–Crippen MR) is 117 cm³/mol. The number of hydrogen-bond donors (Lipinski definition) is 2. The van der Waals surface area contributed by atoms with Crippen molar-refractivity contribution in [3.05, 3.63) is 29.5 Å². The Hall–Kier alpha value is -2.98. The molecule has 1 saturated heterocycles. The fraction of sp³-hybridized carbons (Fsp3) is 0.450. The minimum atomic E-state index is -0.619. The third kappa shape index (κ3) is 5.80. The van der Waals surface area contributed by atoms with Crippen LogP contribution in [0.2, 0.25) is 5.28 Å². The lowest BCUT2D eigenvalue weighted by Gasteiger charge is -2.26. The van der Waals surface area contributed by atoms with Crippen LogP contribution < -0.4 is 15.5 Å². The number of ether oxygens (including phenoxy) is 2. The van der Waals surface area contributed by atoms with Gasteiger partial charge in [0.25, 0.3) is 5.91 Å². The van der Waals surface area contributed by atoms with Gasteiger partial charge in [0, 0.05) is 17.9 Å². The number of morpholine rings is 1. The molecule has 1 aromatic heterocycles. The summed E-state index contributed by atoms with van der Waals surface area (Å²) < 4.78 is 10.0. The molecule has 0 aliphatic carbocycles. The number of nitrogens with zero attached hydrogens (tertiary/aromatic N) is 4. The van der Waals surface area contributed by atoms with Crippen molar-refractivity contribution in [3.8, 4) is 0 Å². The Morgan fingerprint density at radius 2 is 1.97 bits per heavy atom. The maximum atomic E-state index is 12.1. The topological polar surface area (TPSA) is 119 Å². The predicted octanol–water partition coefficient (Wildman–Crippen LogP) is 2.63. The van der Waals surface area contributed by atoms with Gasteiger partial charge in [-0.15, -0.1) is 0 Å². The maximum Gasteiger partial charge on any atom is 0.328 e. The van der Waals surface area contributed by atoms with Crippen molar-refractivity contribution in [2.75, 3.05) is 42.4 Å². The highest BCUT2D eigenvalue weighted by Gasteiger charge is 2.26. The average molecular weight is 449 g/mol. The number of esters is 1. The molecule has 1 amide bonds. The third-order valence-electron chi connectivity index (χ3n) is 4.98. The number of benzene rings is 1. The van der Waals surface area contributed by atoms with Gasteiger partial charge in [-0.25, -0.2) is 4.79 Å². The van der Waals surface area contributed by atoms with E-state index in [0.717, 1.165) is 12.1 Å². The molecule has 1 aliphatic rings. The first kappa shape index (κ1) is 22.7. The van der Waals surface area contributed by atoms with Crippen LogP contribution in [0.5, 0.6) is 0 Å². The summed E-state index contributed by atoms with van der Waals surface area (Å²) in [4.78, 5) is 38.2. The Kier molecular flexibility index (Phi) is 7.59. The Bertz CT molecular complexity index is 926. The molecular formula is C20H25ClN6O4. The van der Waals surface area contributed by atoms with Gasteiger partial charge in [-0.3, -0.25) is 4.79 Å². The van der Waals surface area contributed by atoms with Gasteiger partial charge in [0.2, 0.25) is 17.2 Å². The maximum absolute atomic E-state index is 12.1. The normalized spacial score (nSPS) is 15.9. The van der Waals surface area contributed by atoms with E-state index in [1.54, 1.807) is 17.0 Å². The highest BCUT2D eigenvalue weighted by Crippen LogP contribution is 2.22. The minimum absolute atomic E-state index is 0.00478. The molecule has 0 radical (unpaired) electrons. The van der Waals surface area contributed by atoms with Gasteiger partial charge in [-0.2, -0.15) is 15.0 Å². The van der Waals surface area contributed by atoms with Crippen molar-refractivity contribution in [2.24, 2.45) is 5.92 Å². The number of aromatic nitrogens is 3. The number of anilines is 4. The number of carbonyl (C=O) groups is 2. The van der Waals surface area contributed by atoms with Gasteiger partial charge in [-0.05, 0) is 41.8 Å². The third-order valence-corrected chi connectivity index (χ3v) is 5.15. The molecule has 2 N–H and O–H groups in total. The smallest absolute Gasteiger partial charge is 0.328 e. The van der Waals surface area contributed by atoms with Gasteiger partial charge < -0.3 is 25.0 Å². The molecule has 0 saturated carbocycles. The lowest BCUT2D eigenvalue weighted by atomic mass is 9.99. The second-order valence-corrected chi connectivity index (χ2v) is 7.39. The van der Waals surface area contributed by atoms with Crippen LogP contribution in [0.15, 0.2) is 24.3 Å². The van der Waals surface area contributed by atoms with Gasteiger partial charge in [0.05, 0.1) is 13.7 Å². The first-order valence-electron chi connectivity index (χ1n) is 9.92. The highest BCUT2D eigenvalue weighted by molar-refractivity contribution is 6.28. The molecule has 2 atom stereocenters. The molecule has 1 aliphatic heterocycles. The van der Waals surface area contributed by atoms with Crippen molar-refractivity contribution in [2.45, 2.75) is 26.3 Å². The number of halogens is 1. The first-order chi connectivity index (χ1) is 14.9. The first-order valence-corrected chi connectivity index (χ1v) is 10.3. The van der Waals surface area contributed by atoms with Crippen molar-refractivity contribution in [1.29, 1.82) is 0 Å². The lowest BCUT2D eigenvalue weighted by molar-refractivity contribution is -0.142. The van der Waals surface area contributed by atoms with E-state index in [1.807, 2.05) is 26.0 Å². The largest absolute Gasteiger partial charge is 0.467 e. The van der Waals surface area contributed by atoms with Crippen LogP contribution in [-0.2, 0) is 19.1 Å². The van der Waals surface area contributed by atoms with Crippen molar-refractivity contribution < 1.29 is 19.1 Å². The van der Waals surface area contributed by atoms with E-state index in [0.29, 0.717) is 18.8 Å². The summed E-state index contributed by atoms with van der Waals surface area (Å²) in [5, 5.41) is 6.02. The molecule has 31 heavy (non-hydrogen) atoms. The molecule has 2 aromatic rings. The van der Waals surface area contributed by atoms with E-state index >= 15 is 0 Å². The monoisotopic (exact) mass is 448 g/mol. The second-order valence-electron chi connectivity index (χ2n) is 7.05. The molecule has 11 heteroatoms. The van der Waals surface area contributed by atoms with Crippen LogP contribution >= 0.6 is 11.6 Å². The Labute approximate surface area is 185 Å². The Morgan fingerprint density at radius 1 is 1.26 bits per heavy atom. The fourth-order valence-corrected chi connectivity index (χ4v) is 3.21. The molecule has 0 spiro atoms. The second kappa shape index (κ2) is 10.4. The van der Waals surface area contributed by atoms with Crippen LogP contribution in [0, 0.1) is 5.92 Å². The number of nitrogens with one attached hydrogen (secondary N) is 2. The SMILES string of the molecule is CC[C@H](C)[C@H](Nc1nc(Cl)nc(Nc2ccc(N3CCOCC3=O)cc2)n1)C(=O)OC. The van der Waals surface area contributed by atoms with Gasteiger partial charge >= 0.3 is 5.97 Å². The molecule has 0 unspecified atom stereocenters. The molecule has 166 valence electrons. The Morgan fingerprint density at radius 3 is 2.61 bits per heavy atom. The summed E-state index contributed by atoms with van der Waals surface area (Å²) in [5.74, 6) is -0.115. The van der Waals surface area contributed by atoms with Crippen molar-refractivity contribution in [3.63, 3.8) is 0 Å². The standard InChI is InChI=1S/C20H25ClN6O4/c1-4-12(2)16(17(29)30-3)23-20-25-18(21)24-19(26-20)22-13-5-7-14(8-6-13)27-9-10-31-11-15(27)28/h5-8,12,16H,4,9-11H2,1-3H3,(H2,22,23,24,25,26)/t12-,16-/m0/s1. The van der Waals surface area contributed by atoms with Crippen molar-refractivity contribution in [1.82, 2.24) is 15.0 Å². The van der Waals surface area contributed by atoms with E-state index in [4.69, 9.17) is 21.1 Å². The average Bonchev–Trinajstić information content (AvgIpc) is 2.77. The Balaban J connectivity index is 1.74. The van der Waals surface area contributed by atoms with E-state index in [1.165, 1.54) is 7.11 Å². The molecular weight excluding hydrogens is 424 g/mol. The lowest BCUT2D eigenvalue weighted by Crippen LogP contribution is -2.41. The van der Waals surface area contributed by atoms with Gasteiger partial charge in [0.1, 0.15) is 12.6 Å². The summed E-state index contributed by atoms with van der Waals surface area (Å²) in [6.45, 7) is 5.01. The van der Waals surface area contributed by atoms with E-state index in [2.05, 4.69) is 25.6 Å². The molecule has 3 rings (SSSR count). The number of rotatable bonds is 8. The molecule has 1 aromatic carbocycles.